The first-order valence-corrected chi connectivity index (χ1v) is 12.7. The lowest BCUT2D eigenvalue weighted by Gasteiger charge is -2.34. The van der Waals surface area contributed by atoms with Crippen molar-refractivity contribution in [3.63, 3.8) is 0 Å². The van der Waals surface area contributed by atoms with Crippen LogP contribution in [0.5, 0.6) is 0 Å². The van der Waals surface area contributed by atoms with Crippen molar-refractivity contribution in [3.8, 4) is 0 Å². The first-order valence-electron chi connectivity index (χ1n) is 12.7. The van der Waals surface area contributed by atoms with Gasteiger partial charge in [0.25, 0.3) is 0 Å². The molecule has 1 saturated carbocycles. The number of fused-ring (bicyclic) bond motifs is 3. The van der Waals surface area contributed by atoms with E-state index in [4.69, 9.17) is 14.5 Å². The summed E-state index contributed by atoms with van der Waals surface area (Å²) < 4.78 is 13.3. The highest BCUT2D eigenvalue weighted by atomic mass is 16.5. The molecule has 0 saturated heterocycles. The summed E-state index contributed by atoms with van der Waals surface area (Å²) >= 11 is 0. The molecule has 1 aliphatic heterocycles. The molecule has 1 N–H and O–H groups in total. The number of aliphatic carboxylic acids is 1. The molecule has 1 aliphatic carbocycles. The van der Waals surface area contributed by atoms with E-state index in [-0.39, 0.29) is 24.1 Å². The van der Waals surface area contributed by atoms with Crippen LogP contribution < -0.4 is 4.90 Å². The third kappa shape index (κ3) is 4.13. The predicted molar refractivity (Wildman–Crippen MR) is 136 cm³/mol. The topological polar surface area (TPSA) is 93.9 Å². The molecule has 1 fully saturated rings. The van der Waals surface area contributed by atoms with Crippen molar-refractivity contribution in [2.75, 3.05) is 19.1 Å². The van der Waals surface area contributed by atoms with E-state index in [1.165, 1.54) is 7.11 Å². The summed E-state index contributed by atoms with van der Waals surface area (Å²) in [5.41, 5.74) is 4.63. The number of methoxy groups -OCH3 is 2. The SMILES string of the molecule is COC(=O)N1c2ccc3c(nc([C@H](OC)c4ccccc4)n3[C@@H]3CCC[C@@H](C(=O)O)C3)c2CC[C@@H]1C. The molecule has 190 valence electrons. The predicted octanol–water partition coefficient (Wildman–Crippen LogP) is 5.50. The molecule has 0 unspecified atom stereocenters. The molecule has 5 rings (SSSR count). The number of anilines is 1. The summed E-state index contributed by atoms with van der Waals surface area (Å²) in [6.45, 7) is 2.03. The van der Waals surface area contributed by atoms with Crippen LogP contribution in [0.1, 0.15) is 68.1 Å². The fraction of sp³-hybridized carbons (Fsp3) is 0.464. The standard InChI is InChI=1S/C28H33N3O5/c1-17-12-13-21-22(30(17)28(34)36-3)14-15-23-24(21)29-26(25(35-2)18-8-5-4-6-9-18)31(23)20-11-7-10-19(16-20)27(32)33/h4-6,8-9,14-15,17,19-20,25H,7,10-13,16H2,1-3H3,(H,32,33)/t17-,19+,20+,25+/m0/s1. The molecule has 1 amide bonds. The van der Waals surface area contributed by atoms with Gasteiger partial charge in [-0.05, 0) is 56.7 Å². The normalized spacial score (nSPS) is 22.8. The maximum atomic E-state index is 12.6. The fourth-order valence-electron chi connectivity index (χ4n) is 6.00. The van der Waals surface area contributed by atoms with E-state index in [9.17, 15) is 14.7 Å². The number of carbonyl (C=O) groups excluding carboxylic acids is 1. The summed E-state index contributed by atoms with van der Waals surface area (Å²) in [5.74, 6) is -0.344. The number of amides is 1. The minimum absolute atomic E-state index is 0.00140. The Morgan fingerprint density at radius 1 is 1.08 bits per heavy atom. The van der Waals surface area contributed by atoms with Gasteiger partial charge in [-0.2, -0.15) is 0 Å². The number of hydrogen-bond acceptors (Lipinski definition) is 5. The number of imidazole rings is 1. The molecule has 2 aromatic carbocycles. The van der Waals surface area contributed by atoms with Gasteiger partial charge in [0.15, 0.2) is 0 Å². The van der Waals surface area contributed by atoms with Crippen LogP contribution in [0.15, 0.2) is 42.5 Å². The Kier molecular flexibility index (Phi) is 6.71. The van der Waals surface area contributed by atoms with E-state index in [1.54, 1.807) is 12.0 Å². The molecule has 36 heavy (non-hydrogen) atoms. The van der Waals surface area contributed by atoms with Crippen LogP contribution in [0, 0.1) is 5.92 Å². The number of benzene rings is 2. The van der Waals surface area contributed by atoms with Gasteiger partial charge in [0.1, 0.15) is 11.9 Å². The number of aromatic nitrogens is 2. The lowest BCUT2D eigenvalue weighted by atomic mass is 9.85. The van der Waals surface area contributed by atoms with Crippen LogP contribution in [0.2, 0.25) is 0 Å². The summed E-state index contributed by atoms with van der Waals surface area (Å²) in [4.78, 5) is 31.4. The fourth-order valence-corrected chi connectivity index (χ4v) is 6.00. The van der Waals surface area contributed by atoms with Gasteiger partial charge < -0.3 is 19.1 Å². The first-order chi connectivity index (χ1) is 17.4. The highest BCUT2D eigenvalue weighted by Crippen LogP contribution is 2.42. The van der Waals surface area contributed by atoms with Crippen molar-refractivity contribution >= 4 is 28.8 Å². The molecule has 8 heteroatoms. The van der Waals surface area contributed by atoms with Crippen LogP contribution in [-0.2, 0) is 20.7 Å². The van der Waals surface area contributed by atoms with E-state index < -0.39 is 12.1 Å². The lowest BCUT2D eigenvalue weighted by molar-refractivity contribution is -0.143. The summed E-state index contributed by atoms with van der Waals surface area (Å²) in [7, 11) is 3.08. The number of carboxylic acids is 1. The largest absolute Gasteiger partial charge is 0.481 e. The van der Waals surface area contributed by atoms with Gasteiger partial charge >= 0.3 is 12.1 Å². The molecule has 0 bridgehead atoms. The van der Waals surface area contributed by atoms with Crippen molar-refractivity contribution in [1.82, 2.24) is 9.55 Å². The van der Waals surface area contributed by atoms with Gasteiger partial charge in [0, 0.05) is 24.8 Å². The average molecular weight is 492 g/mol. The molecular formula is C28H33N3O5. The summed E-state index contributed by atoms with van der Waals surface area (Å²) in [6.07, 6.45) is 3.81. The minimum Gasteiger partial charge on any atom is -0.481 e. The highest BCUT2D eigenvalue weighted by molar-refractivity contribution is 5.95. The number of ether oxygens (including phenoxy) is 2. The quantitative estimate of drug-likeness (QED) is 0.507. The zero-order chi connectivity index (χ0) is 25.4. The molecule has 2 heterocycles. The Balaban J connectivity index is 1.71. The van der Waals surface area contributed by atoms with Crippen LogP contribution >= 0.6 is 0 Å². The second-order valence-corrected chi connectivity index (χ2v) is 9.88. The van der Waals surface area contributed by atoms with Gasteiger partial charge in [0.05, 0.1) is 29.7 Å². The maximum Gasteiger partial charge on any atom is 0.414 e. The van der Waals surface area contributed by atoms with Crippen LogP contribution in [0.25, 0.3) is 11.0 Å². The Morgan fingerprint density at radius 3 is 2.56 bits per heavy atom. The van der Waals surface area contributed by atoms with Gasteiger partial charge in [0.2, 0.25) is 0 Å². The summed E-state index contributed by atoms with van der Waals surface area (Å²) in [5, 5.41) is 9.76. The third-order valence-electron chi connectivity index (χ3n) is 7.79. The Morgan fingerprint density at radius 2 is 1.86 bits per heavy atom. The van der Waals surface area contributed by atoms with Crippen molar-refractivity contribution in [2.45, 2.75) is 63.6 Å². The van der Waals surface area contributed by atoms with Crippen LogP contribution in [0.4, 0.5) is 10.5 Å². The monoisotopic (exact) mass is 491 g/mol. The smallest absolute Gasteiger partial charge is 0.414 e. The second-order valence-electron chi connectivity index (χ2n) is 9.88. The van der Waals surface area contributed by atoms with Crippen molar-refractivity contribution < 1.29 is 24.2 Å². The van der Waals surface area contributed by atoms with E-state index >= 15 is 0 Å². The van der Waals surface area contributed by atoms with Crippen molar-refractivity contribution in [3.05, 3.63) is 59.4 Å². The minimum atomic E-state index is -0.739. The van der Waals surface area contributed by atoms with Crippen molar-refractivity contribution in [2.24, 2.45) is 5.92 Å². The Hall–Kier alpha value is -3.39. The first kappa shape index (κ1) is 24.3. The molecule has 1 aromatic heterocycles. The van der Waals surface area contributed by atoms with Crippen molar-refractivity contribution in [1.29, 1.82) is 0 Å². The average Bonchev–Trinajstić information content (AvgIpc) is 3.28. The molecule has 0 radical (unpaired) electrons. The zero-order valence-corrected chi connectivity index (χ0v) is 21.0. The number of rotatable bonds is 5. The number of aryl methyl sites for hydroxylation is 1. The molecular weight excluding hydrogens is 458 g/mol. The van der Waals surface area contributed by atoms with Gasteiger partial charge in [-0.15, -0.1) is 0 Å². The number of nitrogens with zero attached hydrogens (tertiary/aromatic N) is 3. The number of carboxylic acid groups (broad SMARTS) is 1. The molecule has 4 atom stereocenters. The molecule has 2 aliphatic rings. The number of carbonyl (C=O) groups is 2. The molecule has 0 spiro atoms. The van der Waals surface area contributed by atoms with Crippen LogP contribution in [0.3, 0.4) is 0 Å². The van der Waals surface area contributed by atoms with E-state index in [0.29, 0.717) is 12.8 Å². The van der Waals surface area contributed by atoms with E-state index in [1.807, 2.05) is 49.4 Å². The zero-order valence-electron chi connectivity index (χ0n) is 21.0. The number of hydrogen-bond donors (Lipinski definition) is 1. The third-order valence-corrected chi connectivity index (χ3v) is 7.79. The van der Waals surface area contributed by atoms with Gasteiger partial charge in [-0.25, -0.2) is 9.78 Å². The Bertz CT molecular complexity index is 1270. The van der Waals surface area contributed by atoms with Gasteiger partial charge in [-0.1, -0.05) is 36.8 Å². The van der Waals surface area contributed by atoms with Gasteiger partial charge in [-0.3, -0.25) is 9.69 Å². The highest BCUT2D eigenvalue weighted by Gasteiger charge is 2.35. The summed E-state index contributed by atoms with van der Waals surface area (Å²) in [6, 6.07) is 14.0. The van der Waals surface area contributed by atoms with E-state index in [0.717, 1.165) is 59.4 Å². The molecule has 3 aromatic rings. The maximum absolute atomic E-state index is 12.6. The Labute approximate surface area is 210 Å². The lowest BCUT2D eigenvalue weighted by Crippen LogP contribution is -2.42. The molecule has 8 nitrogen and oxygen atoms in total. The van der Waals surface area contributed by atoms with Crippen LogP contribution in [-0.4, -0.2) is 47.0 Å². The second kappa shape index (κ2) is 9.93. The van der Waals surface area contributed by atoms with E-state index in [2.05, 4.69) is 4.57 Å².